The van der Waals surface area contributed by atoms with Gasteiger partial charge in [-0.1, -0.05) is 29.4 Å². The van der Waals surface area contributed by atoms with Crippen molar-refractivity contribution in [3.8, 4) is 0 Å². The molecule has 0 saturated carbocycles. The highest BCUT2D eigenvalue weighted by Crippen LogP contribution is 2.31. The molecule has 0 aliphatic heterocycles. The van der Waals surface area contributed by atoms with Crippen LogP contribution < -0.4 is 0 Å². The zero-order chi connectivity index (χ0) is 8.55. The third-order valence-electron chi connectivity index (χ3n) is 1.52. The van der Waals surface area contributed by atoms with Crippen LogP contribution >= 0.6 is 34.7 Å². The number of hydrogen-bond donors (Lipinski definition) is 0. The average molecular weight is 216 g/mol. The maximum atomic E-state index is 5.96. The van der Waals surface area contributed by atoms with Crippen LogP contribution in [0.15, 0.2) is 22.5 Å². The van der Waals surface area contributed by atoms with Gasteiger partial charge in [0.2, 0.25) is 0 Å². The van der Waals surface area contributed by atoms with Crippen LogP contribution in [-0.4, -0.2) is 11.2 Å². The van der Waals surface area contributed by atoms with Crippen molar-refractivity contribution in [1.29, 1.82) is 0 Å². The van der Waals surface area contributed by atoms with E-state index < -0.39 is 0 Å². The summed E-state index contributed by atoms with van der Waals surface area (Å²) < 4.78 is 2.23. The van der Waals surface area contributed by atoms with Gasteiger partial charge < -0.3 is 0 Å². The first-order valence-corrected chi connectivity index (χ1v) is 5.82. The molecule has 1 heterocycles. The van der Waals surface area contributed by atoms with E-state index in [4.69, 9.17) is 11.6 Å². The topological polar surface area (TPSA) is 12.9 Å². The summed E-state index contributed by atoms with van der Waals surface area (Å²) in [7, 11) is 0. The Labute approximate surface area is 83.8 Å². The lowest BCUT2D eigenvalue weighted by Gasteiger charge is -1.87. The largest absolute Gasteiger partial charge is 0.228 e. The van der Waals surface area contributed by atoms with Crippen LogP contribution in [0, 0.1) is 0 Å². The molecule has 0 amide bonds. The molecule has 1 aromatic carbocycles. The van der Waals surface area contributed by atoms with Crippen LogP contribution in [0.25, 0.3) is 10.2 Å². The molecular formula is C8H6ClNS2. The van der Waals surface area contributed by atoms with E-state index in [9.17, 15) is 0 Å². The summed E-state index contributed by atoms with van der Waals surface area (Å²) in [6, 6.07) is 5.86. The van der Waals surface area contributed by atoms with Gasteiger partial charge in [0.1, 0.15) is 5.52 Å². The first-order chi connectivity index (χ1) is 5.81. The minimum absolute atomic E-state index is 0.740. The monoisotopic (exact) mass is 215 g/mol. The minimum Gasteiger partial charge on any atom is -0.228 e. The zero-order valence-corrected chi connectivity index (χ0v) is 8.76. The number of halogens is 1. The second-order valence-electron chi connectivity index (χ2n) is 2.27. The molecule has 0 aliphatic rings. The van der Waals surface area contributed by atoms with Gasteiger partial charge in [0.25, 0.3) is 0 Å². The van der Waals surface area contributed by atoms with Gasteiger partial charge in [-0.2, -0.15) is 0 Å². The molecule has 0 N–H and O–H groups in total. The SMILES string of the molecule is CSc1nc2c(Cl)cccc2s1. The molecule has 0 radical (unpaired) electrons. The summed E-state index contributed by atoms with van der Waals surface area (Å²) in [4.78, 5) is 4.38. The molecule has 0 aliphatic carbocycles. The Bertz CT molecular complexity index is 410. The van der Waals surface area contributed by atoms with Crippen LogP contribution in [0.2, 0.25) is 5.02 Å². The van der Waals surface area contributed by atoms with E-state index in [-0.39, 0.29) is 0 Å². The van der Waals surface area contributed by atoms with Crippen molar-refractivity contribution in [2.24, 2.45) is 0 Å². The Morgan fingerprint density at radius 3 is 3.00 bits per heavy atom. The van der Waals surface area contributed by atoms with Crippen LogP contribution in [0.1, 0.15) is 0 Å². The number of para-hydroxylation sites is 1. The van der Waals surface area contributed by atoms with Crippen molar-refractivity contribution in [3.05, 3.63) is 23.2 Å². The normalized spacial score (nSPS) is 10.8. The number of nitrogens with zero attached hydrogens (tertiary/aromatic N) is 1. The third kappa shape index (κ3) is 1.32. The number of benzene rings is 1. The molecule has 12 heavy (non-hydrogen) atoms. The van der Waals surface area contributed by atoms with Crippen molar-refractivity contribution in [2.75, 3.05) is 6.26 Å². The maximum absolute atomic E-state index is 5.96. The molecule has 0 unspecified atom stereocenters. The second-order valence-corrected chi connectivity index (χ2v) is 4.76. The predicted octanol–water partition coefficient (Wildman–Crippen LogP) is 3.67. The Morgan fingerprint density at radius 2 is 2.33 bits per heavy atom. The molecule has 2 rings (SSSR count). The Kier molecular flexibility index (Phi) is 2.26. The highest BCUT2D eigenvalue weighted by atomic mass is 35.5. The van der Waals surface area contributed by atoms with Crippen LogP contribution in [0.5, 0.6) is 0 Å². The first kappa shape index (κ1) is 8.35. The molecular weight excluding hydrogens is 210 g/mol. The lowest BCUT2D eigenvalue weighted by atomic mass is 10.3. The average Bonchev–Trinajstić information content (AvgIpc) is 2.49. The number of rotatable bonds is 1. The molecule has 0 atom stereocenters. The standard InChI is InChI=1S/C8H6ClNS2/c1-11-8-10-7-5(9)3-2-4-6(7)12-8/h2-4H,1H3. The van der Waals surface area contributed by atoms with Gasteiger partial charge in [-0.15, -0.1) is 11.3 Å². The minimum atomic E-state index is 0.740. The molecule has 2 aromatic rings. The van der Waals surface area contributed by atoms with E-state index in [2.05, 4.69) is 4.98 Å². The Balaban J connectivity index is 2.74. The van der Waals surface area contributed by atoms with Crippen molar-refractivity contribution in [1.82, 2.24) is 4.98 Å². The fourth-order valence-electron chi connectivity index (χ4n) is 0.982. The van der Waals surface area contributed by atoms with Crippen LogP contribution in [-0.2, 0) is 0 Å². The van der Waals surface area contributed by atoms with Crippen molar-refractivity contribution in [3.63, 3.8) is 0 Å². The summed E-state index contributed by atoms with van der Waals surface area (Å²) in [5.41, 5.74) is 0.925. The molecule has 62 valence electrons. The van der Waals surface area contributed by atoms with Crippen molar-refractivity contribution < 1.29 is 0 Å². The molecule has 1 nitrogen and oxygen atoms in total. The van der Waals surface area contributed by atoms with E-state index in [1.54, 1.807) is 23.1 Å². The molecule has 4 heteroatoms. The van der Waals surface area contributed by atoms with Gasteiger partial charge in [-0.25, -0.2) is 4.98 Å². The lowest BCUT2D eigenvalue weighted by Crippen LogP contribution is -1.69. The molecule has 0 spiro atoms. The Morgan fingerprint density at radius 1 is 1.50 bits per heavy atom. The third-order valence-corrected chi connectivity index (χ3v) is 3.84. The number of hydrogen-bond acceptors (Lipinski definition) is 3. The van der Waals surface area contributed by atoms with E-state index in [0.29, 0.717) is 0 Å². The fraction of sp³-hybridized carbons (Fsp3) is 0.125. The number of thiazole rings is 1. The quantitative estimate of drug-likeness (QED) is 0.674. The van der Waals surface area contributed by atoms with Gasteiger partial charge in [-0.05, 0) is 18.4 Å². The second kappa shape index (κ2) is 3.24. The zero-order valence-electron chi connectivity index (χ0n) is 6.37. The highest BCUT2D eigenvalue weighted by molar-refractivity contribution is 8.00. The Hall–Kier alpha value is -0.250. The number of fused-ring (bicyclic) bond motifs is 1. The van der Waals surface area contributed by atoms with Crippen molar-refractivity contribution in [2.45, 2.75) is 4.34 Å². The van der Waals surface area contributed by atoms with Crippen LogP contribution in [0.3, 0.4) is 0 Å². The van der Waals surface area contributed by atoms with Gasteiger partial charge in [0.15, 0.2) is 4.34 Å². The van der Waals surface area contributed by atoms with Gasteiger partial charge in [-0.3, -0.25) is 0 Å². The molecule has 0 bridgehead atoms. The lowest BCUT2D eigenvalue weighted by molar-refractivity contribution is 1.31. The fourth-order valence-corrected chi connectivity index (χ4v) is 2.76. The van der Waals surface area contributed by atoms with Gasteiger partial charge in [0.05, 0.1) is 9.72 Å². The molecule has 0 fully saturated rings. The van der Waals surface area contributed by atoms with Gasteiger partial charge >= 0.3 is 0 Å². The van der Waals surface area contributed by atoms with E-state index in [1.807, 2.05) is 24.5 Å². The number of aromatic nitrogens is 1. The summed E-state index contributed by atoms with van der Waals surface area (Å²) >= 11 is 9.29. The smallest absolute Gasteiger partial charge is 0.150 e. The first-order valence-electron chi connectivity index (χ1n) is 3.40. The maximum Gasteiger partial charge on any atom is 0.150 e. The molecule has 1 aromatic heterocycles. The van der Waals surface area contributed by atoms with Crippen molar-refractivity contribution >= 4 is 44.9 Å². The van der Waals surface area contributed by atoms with E-state index >= 15 is 0 Å². The van der Waals surface area contributed by atoms with E-state index in [1.165, 1.54) is 0 Å². The number of thioether (sulfide) groups is 1. The summed E-state index contributed by atoms with van der Waals surface area (Å²) in [6.07, 6.45) is 2.02. The van der Waals surface area contributed by atoms with Gasteiger partial charge in [0, 0.05) is 0 Å². The van der Waals surface area contributed by atoms with E-state index in [0.717, 1.165) is 19.6 Å². The summed E-state index contributed by atoms with van der Waals surface area (Å²) in [6.45, 7) is 0. The highest BCUT2D eigenvalue weighted by Gasteiger charge is 2.04. The molecule has 0 saturated heterocycles. The summed E-state index contributed by atoms with van der Waals surface area (Å²) in [5.74, 6) is 0. The van der Waals surface area contributed by atoms with Crippen LogP contribution in [0.4, 0.5) is 0 Å². The summed E-state index contributed by atoms with van der Waals surface area (Å²) in [5, 5.41) is 0.740. The predicted molar refractivity (Wildman–Crippen MR) is 56.4 cm³/mol.